The first-order valence-corrected chi connectivity index (χ1v) is 6.93. The second kappa shape index (κ2) is 7.33. The Kier molecular flexibility index (Phi) is 5.21. The highest BCUT2D eigenvalue weighted by Gasteiger charge is 2.09. The summed E-state index contributed by atoms with van der Waals surface area (Å²) in [5, 5.41) is 2.82. The maximum absolute atomic E-state index is 12.0. The third kappa shape index (κ3) is 4.53. The van der Waals surface area contributed by atoms with Crippen LogP contribution in [0.25, 0.3) is 0 Å². The predicted molar refractivity (Wildman–Crippen MR) is 84.9 cm³/mol. The minimum atomic E-state index is -0.145. The van der Waals surface area contributed by atoms with E-state index in [1.165, 1.54) is 5.56 Å². The summed E-state index contributed by atoms with van der Waals surface area (Å²) in [6.45, 7) is 2.94. The molecule has 4 nitrogen and oxygen atoms in total. The molecule has 0 fully saturated rings. The van der Waals surface area contributed by atoms with E-state index in [4.69, 9.17) is 4.74 Å². The number of nitrogens with one attached hydrogen (secondary N) is 1. The molecule has 2 rings (SSSR count). The van der Waals surface area contributed by atoms with Gasteiger partial charge in [-0.25, -0.2) is 4.79 Å². The number of urea groups is 1. The number of benzene rings is 2. The van der Waals surface area contributed by atoms with E-state index in [1.54, 1.807) is 11.9 Å². The molecule has 0 unspecified atom stereocenters. The molecule has 0 heterocycles. The molecule has 0 aromatic heterocycles. The zero-order valence-corrected chi connectivity index (χ0v) is 12.4. The SMILES string of the molecule is Cc1ccc(OCCNC(=O)N(C)c2ccccc2)cc1. The molecule has 0 spiro atoms. The number of amides is 2. The monoisotopic (exact) mass is 284 g/mol. The molecule has 2 aromatic carbocycles. The summed E-state index contributed by atoms with van der Waals surface area (Å²) < 4.78 is 5.56. The van der Waals surface area contributed by atoms with Gasteiger partial charge in [-0.15, -0.1) is 0 Å². The molecule has 0 atom stereocenters. The van der Waals surface area contributed by atoms with Crippen LogP contribution < -0.4 is 15.0 Å². The van der Waals surface area contributed by atoms with Crippen LogP contribution in [0.5, 0.6) is 5.75 Å². The number of anilines is 1. The number of rotatable bonds is 5. The molecule has 110 valence electrons. The molecule has 0 aliphatic rings. The summed E-state index contributed by atoms with van der Waals surface area (Å²) in [5.41, 5.74) is 2.05. The Bertz CT molecular complexity index is 567. The van der Waals surface area contributed by atoms with E-state index in [0.717, 1.165) is 11.4 Å². The number of hydrogen-bond acceptors (Lipinski definition) is 2. The predicted octanol–water partition coefficient (Wildman–Crippen LogP) is 3.22. The van der Waals surface area contributed by atoms with Gasteiger partial charge >= 0.3 is 6.03 Å². The Balaban J connectivity index is 1.73. The zero-order chi connectivity index (χ0) is 15.1. The summed E-state index contributed by atoms with van der Waals surface area (Å²) in [5.74, 6) is 0.811. The Morgan fingerprint density at radius 1 is 1.10 bits per heavy atom. The lowest BCUT2D eigenvalue weighted by atomic mass is 10.2. The smallest absolute Gasteiger partial charge is 0.321 e. The van der Waals surface area contributed by atoms with Crippen molar-refractivity contribution in [2.75, 3.05) is 25.1 Å². The van der Waals surface area contributed by atoms with Gasteiger partial charge in [0.15, 0.2) is 0 Å². The fraction of sp³-hybridized carbons (Fsp3) is 0.235. The first kappa shape index (κ1) is 14.9. The molecule has 4 heteroatoms. The summed E-state index contributed by atoms with van der Waals surface area (Å²) in [7, 11) is 1.74. The van der Waals surface area contributed by atoms with E-state index in [9.17, 15) is 4.79 Å². The van der Waals surface area contributed by atoms with Gasteiger partial charge in [-0.2, -0.15) is 0 Å². The quantitative estimate of drug-likeness (QED) is 0.857. The molecule has 0 aliphatic heterocycles. The first-order chi connectivity index (χ1) is 10.2. The molecule has 0 saturated carbocycles. The third-order valence-electron chi connectivity index (χ3n) is 3.12. The van der Waals surface area contributed by atoms with Crippen molar-refractivity contribution in [3.8, 4) is 5.75 Å². The number of ether oxygens (including phenoxy) is 1. The lowest BCUT2D eigenvalue weighted by Gasteiger charge is -2.18. The second-order valence-corrected chi connectivity index (χ2v) is 4.79. The first-order valence-electron chi connectivity index (χ1n) is 6.93. The zero-order valence-electron chi connectivity index (χ0n) is 12.4. The van der Waals surface area contributed by atoms with Crippen LogP contribution in [0.3, 0.4) is 0 Å². The fourth-order valence-corrected chi connectivity index (χ4v) is 1.85. The molecule has 0 aliphatic carbocycles. The highest BCUT2D eigenvalue weighted by molar-refractivity contribution is 5.91. The van der Waals surface area contributed by atoms with Gasteiger partial charge < -0.3 is 10.1 Å². The van der Waals surface area contributed by atoms with Crippen LogP contribution in [0.1, 0.15) is 5.56 Å². The van der Waals surface area contributed by atoms with Gasteiger partial charge in [-0.05, 0) is 31.2 Å². The minimum Gasteiger partial charge on any atom is -0.492 e. The van der Waals surface area contributed by atoms with Gasteiger partial charge in [0.2, 0.25) is 0 Å². The van der Waals surface area contributed by atoms with Crippen molar-refractivity contribution in [3.63, 3.8) is 0 Å². The molecule has 2 amide bonds. The maximum atomic E-state index is 12.0. The average molecular weight is 284 g/mol. The Hall–Kier alpha value is -2.49. The Morgan fingerprint density at radius 2 is 1.76 bits per heavy atom. The van der Waals surface area contributed by atoms with Gasteiger partial charge in [-0.3, -0.25) is 4.90 Å². The van der Waals surface area contributed by atoms with Crippen LogP contribution in [0.2, 0.25) is 0 Å². The number of carbonyl (C=O) groups excluding carboxylic acids is 1. The number of carbonyl (C=O) groups is 1. The molecule has 0 radical (unpaired) electrons. The van der Waals surface area contributed by atoms with Crippen LogP contribution >= 0.6 is 0 Å². The molecule has 1 N–H and O–H groups in total. The van der Waals surface area contributed by atoms with E-state index in [-0.39, 0.29) is 6.03 Å². The molecule has 21 heavy (non-hydrogen) atoms. The normalized spacial score (nSPS) is 10.0. The van der Waals surface area contributed by atoms with E-state index in [0.29, 0.717) is 13.2 Å². The van der Waals surface area contributed by atoms with Crippen LogP contribution in [-0.4, -0.2) is 26.2 Å². The van der Waals surface area contributed by atoms with Crippen molar-refractivity contribution in [1.82, 2.24) is 5.32 Å². The van der Waals surface area contributed by atoms with Crippen molar-refractivity contribution in [1.29, 1.82) is 0 Å². The highest BCUT2D eigenvalue weighted by Crippen LogP contribution is 2.11. The van der Waals surface area contributed by atoms with Gasteiger partial charge in [0.25, 0.3) is 0 Å². The van der Waals surface area contributed by atoms with Crippen molar-refractivity contribution in [2.24, 2.45) is 0 Å². The summed E-state index contributed by atoms with van der Waals surface area (Å²) >= 11 is 0. The van der Waals surface area contributed by atoms with Crippen molar-refractivity contribution in [3.05, 3.63) is 60.2 Å². The van der Waals surface area contributed by atoms with Crippen molar-refractivity contribution in [2.45, 2.75) is 6.92 Å². The standard InChI is InChI=1S/C17H20N2O2/c1-14-8-10-16(11-9-14)21-13-12-18-17(20)19(2)15-6-4-3-5-7-15/h3-11H,12-13H2,1-2H3,(H,18,20). The van der Waals surface area contributed by atoms with Gasteiger partial charge in [0.1, 0.15) is 12.4 Å². The molecule has 2 aromatic rings. The number of hydrogen-bond donors (Lipinski definition) is 1. The Labute approximate surface area is 125 Å². The number of para-hydroxylation sites is 1. The molecular formula is C17H20N2O2. The highest BCUT2D eigenvalue weighted by atomic mass is 16.5. The Morgan fingerprint density at radius 3 is 2.43 bits per heavy atom. The van der Waals surface area contributed by atoms with Gasteiger partial charge in [0, 0.05) is 12.7 Å². The molecular weight excluding hydrogens is 264 g/mol. The fourth-order valence-electron chi connectivity index (χ4n) is 1.85. The van der Waals surface area contributed by atoms with E-state index in [1.807, 2.05) is 61.5 Å². The van der Waals surface area contributed by atoms with Crippen LogP contribution in [0.4, 0.5) is 10.5 Å². The van der Waals surface area contributed by atoms with Gasteiger partial charge in [-0.1, -0.05) is 35.9 Å². The van der Waals surface area contributed by atoms with E-state index < -0.39 is 0 Å². The lowest BCUT2D eigenvalue weighted by Crippen LogP contribution is -2.39. The number of aryl methyl sites for hydroxylation is 1. The van der Waals surface area contributed by atoms with Gasteiger partial charge in [0.05, 0.1) is 6.54 Å². The van der Waals surface area contributed by atoms with Crippen molar-refractivity contribution < 1.29 is 9.53 Å². The van der Waals surface area contributed by atoms with Crippen molar-refractivity contribution >= 4 is 11.7 Å². The lowest BCUT2D eigenvalue weighted by molar-refractivity contribution is 0.243. The largest absolute Gasteiger partial charge is 0.492 e. The van der Waals surface area contributed by atoms with Crippen LogP contribution in [0, 0.1) is 6.92 Å². The van der Waals surface area contributed by atoms with Crippen LogP contribution in [-0.2, 0) is 0 Å². The van der Waals surface area contributed by atoms with Crippen LogP contribution in [0.15, 0.2) is 54.6 Å². The van der Waals surface area contributed by atoms with E-state index >= 15 is 0 Å². The summed E-state index contributed by atoms with van der Waals surface area (Å²) in [6.07, 6.45) is 0. The second-order valence-electron chi connectivity index (χ2n) is 4.79. The number of nitrogens with zero attached hydrogens (tertiary/aromatic N) is 1. The minimum absolute atomic E-state index is 0.145. The molecule has 0 bridgehead atoms. The summed E-state index contributed by atoms with van der Waals surface area (Å²) in [6, 6.07) is 17.2. The average Bonchev–Trinajstić information content (AvgIpc) is 2.53. The third-order valence-corrected chi connectivity index (χ3v) is 3.12. The summed E-state index contributed by atoms with van der Waals surface area (Å²) in [4.78, 5) is 13.5. The maximum Gasteiger partial charge on any atom is 0.321 e. The van der Waals surface area contributed by atoms with E-state index in [2.05, 4.69) is 5.32 Å². The molecule has 0 saturated heterocycles. The topological polar surface area (TPSA) is 41.6 Å².